The van der Waals surface area contributed by atoms with Crippen LogP contribution in [0.3, 0.4) is 0 Å². The average molecular weight is 371 g/mol. The molecule has 0 aliphatic heterocycles. The zero-order valence-electron chi connectivity index (χ0n) is 14.7. The third-order valence-corrected chi connectivity index (χ3v) is 4.77. The van der Waals surface area contributed by atoms with Crippen molar-refractivity contribution in [3.63, 3.8) is 0 Å². The Hall–Kier alpha value is -3.29. The fourth-order valence-electron chi connectivity index (χ4n) is 3.22. The number of hydrogen-bond acceptors (Lipinski definition) is 4. The van der Waals surface area contributed by atoms with Gasteiger partial charge in [0.15, 0.2) is 0 Å². The van der Waals surface area contributed by atoms with Crippen molar-refractivity contribution in [3.05, 3.63) is 54.1 Å². The molecule has 140 valence electrons. The van der Waals surface area contributed by atoms with Crippen molar-refractivity contribution in [3.8, 4) is 0 Å². The SMILES string of the molecule is CC1(C)[C@@H](C(=O)O)[C@@H]1C(=O)Nc1ccc(F)c(C(=O)Nc2cccnc2)c1. The highest BCUT2D eigenvalue weighted by atomic mass is 19.1. The van der Waals surface area contributed by atoms with Gasteiger partial charge in [-0.25, -0.2) is 4.39 Å². The molecular weight excluding hydrogens is 353 g/mol. The van der Waals surface area contributed by atoms with Crippen molar-refractivity contribution in [1.29, 1.82) is 0 Å². The number of amides is 2. The molecule has 0 unspecified atom stereocenters. The number of anilines is 2. The molecule has 2 amide bonds. The van der Waals surface area contributed by atoms with Gasteiger partial charge in [0.1, 0.15) is 5.82 Å². The van der Waals surface area contributed by atoms with Gasteiger partial charge >= 0.3 is 5.97 Å². The van der Waals surface area contributed by atoms with E-state index in [9.17, 15) is 23.9 Å². The van der Waals surface area contributed by atoms with Gasteiger partial charge < -0.3 is 15.7 Å². The molecule has 2 atom stereocenters. The molecule has 1 heterocycles. The van der Waals surface area contributed by atoms with E-state index < -0.39 is 40.9 Å². The molecule has 0 bridgehead atoms. The summed E-state index contributed by atoms with van der Waals surface area (Å²) in [5, 5.41) is 14.3. The van der Waals surface area contributed by atoms with Crippen LogP contribution < -0.4 is 10.6 Å². The Bertz CT molecular complexity index is 914. The molecule has 1 aromatic heterocycles. The smallest absolute Gasteiger partial charge is 0.307 e. The van der Waals surface area contributed by atoms with Crippen molar-refractivity contribution in [2.24, 2.45) is 17.3 Å². The lowest BCUT2D eigenvalue weighted by Gasteiger charge is -2.10. The van der Waals surface area contributed by atoms with E-state index in [1.165, 1.54) is 24.5 Å². The molecule has 27 heavy (non-hydrogen) atoms. The van der Waals surface area contributed by atoms with Gasteiger partial charge in [-0.2, -0.15) is 0 Å². The van der Waals surface area contributed by atoms with Crippen molar-refractivity contribution >= 4 is 29.2 Å². The van der Waals surface area contributed by atoms with Gasteiger partial charge in [-0.05, 0) is 35.7 Å². The van der Waals surface area contributed by atoms with Gasteiger partial charge in [0.25, 0.3) is 5.91 Å². The van der Waals surface area contributed by atoms with E-state index in [2.05, 4.69) is 15.6 Å². The number of aromatic nitrogens is 1. The second-order valence-electron chi connectivity index (χ2n) is 6.99. The summed E-state index contributed by atoms with van der Waals surface area (Å²) in [6.07, 6.45) is 2.96. The molecule has 1 aromatic carbocycles. The van der Waals surface area contributed by atoms with Gasteiger partial charge in [0, 0.05) is 11.9 Å². The van der Waals surface area contributed by atoms with Crippen LogP contribution in [-0.2, 0) is 9.59 Å². The molecule has 8 heteroatoms. The Morgan fingerprint density at radius 2 is 1.85 bits per heavy atom. The zero-order valence-corrected chi connectivity index (χ0v) is 14.7. The van der Waals surface area contributed by atoms with E-state index in [4.69, 9.17) is 0 Å². The first kappa shape index (κ1) is 18.5. The van der Waals surface area contributed by atoms with Crippen LogP contribution in [0.1, 0.15) is 24.2 Å². The molecule has 1 fully saturated rings. The summed E-state index contributed by atoms with van der Waals surface area (Å²) in [6.45, 7) is 3.40. The van der Waals surface area contributed by atoms with Crippen LogP contribution in [-0.4, -0.2) is 27.9 Å². The minimum absolute atomic E-state index is 0.213. The third-order valence-electron chi connectivity index (χ3n) is 4.77. The number of carboxylic acids is 1. The quantitative estimate of drug-likeness (QED) is 0.749. The number of nitrogens with zero attached hydrogens (tertiary/aromatic N) is 1. The first-order valence-electron chi connectivity index (χ1n) is 8.26. The van der Waals surface area contributed by atoms with Crippen molar-refractivity contribution in [1.82, 2.24) is 4.98 Å². The van der Waals surface area contributed by atoms with Gasteiger partial charge in [-0.3, -0.25) is 19.4 Å². The average Bonchev–Trinajstić information content (AvgIpc) is 3.20. The molecule has 3 N–H and O–H groups in total. The number of carbonyl (C=O) groups is 3. The van der Waals surface area contributed by atoms with Crippen LogP contribution in [0.2, 0.25) is 0 Å². The monoisotopic (exact) mass is 371 g/mol. The molecule has 1 aliphatic carbocycles. The van der Waals surface area contributed by atoms with Gasteiger partial charge in [0.05, 0.1) is 29.3 Å². The van der Waals surface area contributed by atoms with E-state index in [1.807, 2.05) is 0 Å². The standard InChI is InChI=1S/C19H18FN3O4/c1-19(2)14(15(19)18(26)27)17(25)22-10-5-6-13(20)12(8-10)16(24)23-11-4-3-7-21-9-11/h3-9,14-15H,1-2H3,(H,22,25)(H,23,24)(H,26,27)/t14-,15-/m1/s1. The maximum Gasteiger partial charge on any atom is 0.307 e. The molecule has 1 aliphatic rings. The number of rotatable bonds is 5. The second kappa shape index (κ2) is 6.79. The summed E-state index contributed by atoms with van der Waals surface area (Å²) in [5.74, 6) is -4.40. The predicted octanol–water partition coefficient (Wildman–Crippen LogP) is 2.77. The molecule has 0 spiro atoms. The van der Waals surface area contributed by atoms with Gasteiger partial charge in [0.2, 0.25) is 5.91 Å². The fraction of sp³-hybridized carbons (Fsp3) is 0.263. The minimum atomic E-state index is -1.03. The highest BCUT2D eigenvalue weighted by Crippen LogP contribution is 2.58. The van der Waals surface area contributed by atoms with Crippen molar-refractivity contribution < 1.29 is 23.9 Å². The molecule has 7 nitrogen and oxygen atoms in total. The lowest BCUT2D eigenvalue weighted by Crippen LogP contribution is -2.19. The van der Waals surface area contributed by atoms with E-state index in [-0.39, 0.29) is 11.3 Å². The van der Waals surface area contributed by atoms with Crippen LogP contribution in [0.5, 0.6) is 0 Å². The lowest BCUT2D eigenvalue weighted by molar-refractivity contribution is -0.140. The molecular formula is C19H18FN3O4. The second-order valence-corrected chi connectivity index (χ2v) is 6.99. The fourth-order valence-corrected chi connectivity index (χ4v) is 3.22. The lowest BCUT2D eigenvalue weighted by atomic mass is 10.1. The van der Waals surface area contributed by atoms with E-state index >= 15 is 0 Å². The van der Waals surface area contributed by atoms with Crippen LogP contribution in [0.15, 0.2) is 42.7 Å². The Morgan fingerprint density at radius 3 is 2.44 bits per heavy atom. The Morgan fingerprint density at radius 1 is 1.11 bits per heavy atom. The summed E-state index contributed by atoms with van der Waals surface area (Å²) in [4.78, 5) is 39.8. The normalized spacial score (nSPS) is 19.8. The first-order valence-corrected chi connectivity index (χ1v) is 8.26. The van der Waals surface area contributed by atoms with E-state index in [1.54, 1.807) is 26.0 Å². The number of pyridine rings is 1. The minimum Gasteiger partial charge on any atom is -0.481 e. The maximum atomic E-state index is 14.1. The van der Waals surface area contributed by atoms with Crippen molar-refractivity contribution in [2.75, 3.05) is 10.6 Å². The third kappa shape index (κ3) is 3.64. The summed E-state index contributed by atoms with van der Waals surface area (Å²) >= 11 is 0. The summed E-state index contributed by atoms with van der Waals surface area (Å²) < 4.78 is 14.1. The summed E-state index contributed by atoms with van der Waals surface area (Å²) in [7, 11) is 0. The van der Waals surface area contributed by atoms with Crippen LogP contribution >= 0.6 is 0 Å². The Labute approximate surface area is 154 Å². The molecule has 2 aromatic rings. The number of carboxylic acid groups (broad SMARTS) is 1. The van der Waals surface area contributed by atoms with Crippen LogP contribution in [0.4, 0.5) is 15.8 Å². The van der Waals surface area contributed by atoms with E-state index in [0.717, 1.165) is 6.07 Å². The molecule has 1 saturated carbocycles. The van der Waals surface area contributed by atoms with Crippen LogP contribution in [0.25, 0.3) is 0 Å². The number of carbonyl (C=O) groups excluding carboxylic acids is 2. The molecule has 0 radical (unpaired) electrons. The number of nitrogens with one attached hydrogen (secondary N) is 2. The predicted molar refractivity (Wildman–Crippen MR) is 95.6 cm³/mol. The number of benzene rings is 1. The summed E-state index contributed by atoms with van der Waals surface area (Å²) in [5.41, 5.74) is -0.289. The van der Waals surface area contributed by atoms with E-state index in [0.29, 0.717) is 5.69 Å². The Kier molecular flexibility index (Phi) is 4.65. The van der Waals surface area contributed by atoms with Crippen LogP contribution in [0, 0.1) is 23.1 Å². The van der Waals surface area contributed by atoms with Gasteiger partial charge in [-0.1, -0.05) is 13.8 Å². The highest BCUT2D eigenvalue weighted by molar-refractivity contribution is 6.06. The number of aliphatic carboxylic acids is 1. The van der Waals surface area contributed by atoms with Gasteiger partial charge in [-0.15, -0.1) is 0 Å². The molecule has 3 rings (SSSR count). The zero-order chi connectivity index (χ0) is 19.8. The highest BCUT2D eigenvalue weighted by Gasteiger charge is 2.65. The maximum absolute atomic E-state index is 14.1. The van der Waals surface area contributed by atoms with Crippen molar-refractivity contribution in [2.45, 2.75) is 13.8 Å². The largest absolute Gasteiger partial charge is 0.481 e. The molecule has 0 saturated heterocycles. The number of hydrogen-bond donors (Lipinski definition) is 3. The number of halogens is 1. The topological polar surface area (TPSA) is 108 Å². The Balaban J connectivity index is 1.75. The first-order chi connectivity index (χ1) is 12.7. The summed E-state index contributed by atoms with van der Waals surface area (Å²) in [6, 6.07) is 6.83.